The SMILES string of the molecule is CC(C)CNCc1ncoc1C1Cc2ccccc21. The Hall–Kier alpha value is -1.61. The lowest BCUT2D eigenvalue weighted by Crippen LogP contribution is -2.23. The average Bonchev–Trinajstić information content (AvgIpc) is 2.79. The van der Waals surface area contributed by atoms with Crippen LogP contribution in [-0.4, -0.2) is 11.5 Å². The van der Waals surface area contributed by atoms with Crippen molar-refractivity contribution in [3.05, 3.63) is 53.2 Å². The molecule has 3 nitrogen and oxygen atoms in total. The van der Waals surface area contributed by atoms with Crippen LogP contribution in [-0.2, 0) is 13.0 Å². The van der Waals surface area contributed by atoms with E-state index in [9.17, 15) is 0 Å². The summed E-state index contributed by atoms with van der Waals surface area (Å²) in [6, 6.07) is 8.58. The first kappa shape index (κ1) is 12.4. The molecule has 1 aliphatic carbocycles. The van der Waals surface area contributed by atoms with E-state index in [1.807, 2.05) is 0 Å². The number of nitrogens with zero attached hydrogens (tertiary/aromatic N) is 1. The van der Waals surface area contributed by atoms with Gasteiger partial charge in [-0.15, -0.1) is 0 Å². The molecule has 1 N–H and O–H groups in total. The molecule has 100 valence electrons. The number of nitrogens with one attached hydrogen (secondary N) is 1. The highest BCUT2D eigenvalue weighted by Gasteiger charge is 2.31. The monoisotopic (exact) mass is 256 g/mol. The zero-order chi connectivity index (χ0) is 13.2. The first-order chi connectivity index (χ1) is 9.25. The van der Waals surface area contributed by atoms with E-state index in [1.165, 1.54) is 11.1 Å². The lowest BCUT2D eigenvalue weighted by atomic mass is 9.76. The van der Waals surface area contributed by atoms with Gasteiger partial charge in [-0.25, -0.2) is 4.98 Å². The third-order valence-electron chi connectivity index (χ3n) is 3.69. The molecular formula is C16H20N2O. The number of oxazole rings is 1. The first-order valence-corrected chi connectivity index (χ1v) is 6.96. The fourth-order valence-electron chi connectivity index (χ4n) is 2.67. The van der Waals surface area contributed by atoms with E-state index < -0.39 is 0 Å². The molecule has 1 aromatic heterocycles. The minimum Gasteiger partial charge on any atom is -0.447 e. The highest BCUT2D eigenvalue weighted by molar-refractivity contribution is 5.45. The molecule has 1 aliphatic rings. The maximum absolute atomic E-state index is 5.63. The van der Waals surface area contributed by atoms with Crippen LogP contribution in [0.4, 0.5) is 0 Å². The van der Waals surface area contributed by atoms with Crippen molar-refractivity contribution in [3.63, 3.8) is 0 Å². The number of aromatic nitrogens is 1. The molecule has 0 saturated heterocycles. The fourth-order valence-corrected chi connectivity index (χ4v) is 2.67. The van der Waals surface area contributed by atoms with Crippen molar-refractivity contribution in [1.82, 2.24) is 10.3 Å². The second kappa shape index (κ2) is 5.17. The number of benzene rings is 1. The van der Waals surface area contributed by atoms with Crippen LogP contribution in [0.5, 0.6) is 0 Å². The van der Waals surface area contributed by atoms with Crippen LogP contribution < -0.4 is 5.32 Å². The Kier molecular flexibility index (Phi) is 3.38. The van der Waals surface area contributed by atoms with Crippen molar-refractivity contribution in [2.24, 2.45) is 5.92 Å². The van der Waals surface area contributed by atoms with Crippen molar-refractivity contribution >= 4 is 0 Å². The third kappa shape index (κ3) is 2.43. The van der Waals surface area contributed by atoms with Crippen LogP contribution >= 0.6 is 0 Å². The molecule has 0 fully saturated rings. The average molecular weight is 256 g/mol. The standard InChI is InChI=1S/C16H20N2O/c1-11(2)8-17-9-15-16(19-10-18-15)14-7-12-5-3-4-6-13(12)14/h3-6,10-11,14,17H,7-9H2,1-2H3. The quantitative estimate of drug-likeness (QED) is 0.893. The van der Waals surface area contributed by atoms with Crippen molar-refractivity contribution in [2.75, 3.05) is 6.54 Å². The van der Waals surface area contributed by atoms with Crippen LogP contribution in [0.1, 0.15) is 42.3 Å². The maximum Gasteiger partial charge on any atom is 0.181 e. The lowest BCUT2D eigenvalue weighted by molar-refractivity contribution is 0.455. The summed E-state index contributed by atoms with van der Waals surface area (Å²) in [5.41, 5.74) is 3.88. The number of fused-ring (bicyclic) bond motifs is 1. The maximum atomic E-state index is 5.63. The van der Waals surface area contributed by atoms with Gasteiger partial charge in [0.05, 0.1) is 5.69 Å². The number of hydrogen-bond donors (Lipinski definition) is 1. The van der Waals surface area contributed by atoms with Crippen molar-refractivity contribution in [2.45, 2.75) is 32.7 Å². The number of rotatable bonds is 5. The van der Waals surface area contributed by atoms with Crippen LogP contribution in [0, 0.1) is 5.92 Å². The van der Waals surface area contributed by atoms with E-state index in [0.717, 1.165) is 31.0 Å². The molecule has 1 aromatic carbocycles. The lowest BCUT2D eigenvalue weighted by Gasteiger charge is -2.28. The molecule has 0 aliphatic heterocycles. The van der Waals surface area contributed by atoms with Gasteiger partial charge in [0.25, 0.3) is 0 Å². The Balaban J connectivity index is 1.72. The minimum absolute atomic E-state index is 0.398. The van der Waals surface area contributed by atoms with Gasteiger partial charge in [-0.2, -0.15) is 0 Å². The summed E-state index contributed by atoms with van der Waals surface area (Å²) in [4.78, 5) is 4.36. The Morgan fingerprint density at radius 2 is 2.21 bits per heavy atom. The molecule has 3 heteroatoms. The van der Waals surface area contributed by atoms with Gasteiger partial charge in [0.1, 0.15) is 5.76 Å². The van der Waals surface area contributed by atoms with Crippen LogP contribution in [0.3, 0.4) is 0 Å². The molecule has 0 saturated carbocycles. The molecule has 0 bridgehead atoms. The molecule has 0 radical (unpaired) electrons. The molecular weight excluding hydrogens is 236 g/mol. The highest BCUT2D eigenvalue weighted by Crippen LogP contribution is 2.40. The van der Waals surface area contributed by atoms with Gasteiger partial charge in [-0.3, -0.25) is 0 Å². The normalized spacial score (nSPS) is 17.3. The van der Waals surface area contributed by atoms with Crippen molar-refractivity contribution in [1.29, 1.82) is 0 Å². The third-order valence-corrected chi connectivity index (χ3v) is 3.69. The predicted molar refractivity (Wildman–Crippen MR) is 75.0 cm³/mol. The molecule has 0 spiro atoms. The summed E-state index contributed by atoms with van der Waals surface area (Å²) in [5, 5.41) is 3.43. The molecule has 1 heterocycles. The molecule has 1 unspecified atom stereocenters. The van der Waals surface area contributed by atoms with E-state index in [0.29, 0.717) is 11.8 Å². The zero-order valence-corrected chi connectivity index (χ0v) is 11.5. The van der Waals surface area contributed by atoms with Crippen molar-refractivity contribution in [3.8, 4) is 0 Å². The van der Waals surface area contributed by atoms with E-state index in [2.05, 4.69) is 48.4 Å². The summed E-state index contributed by atoms with van der Waals surface area (Å²) in [7, 11) is 0. The number of hydrogen-bond acceptors (Lipinski definition) is 3. The topological polar surface area (TPSA) is 38.1 Å². The molecule has 19 heavy (non-hydrogen) atoms. The van der Waals surface area contributed by atoms with Gasteiger partial charge in [-0.05, 0) is 30.0 Å². The van der Waals surface area contributed by atoms with Crippen LogP contribution in [0.2, 0.25) is 0 Å². The first-order valence-electron chi connectivity index (χ1n) is 6.96. The molecule has 2 aromatic rings. The van der Waals surface area contributed by atoms with Gasteiger partial charge < -0.3 is 9.73 Å². The Labute approximate surface area is 114 Å². The predicted octanol–water partition coefficient (Wildman–Crippen LogP) is 3.11. The summed E-state index contributed by atoms with van der Waals surface area (Å²) < 4.78 is 5.63. The van der Waals surface area contributed by atoms with Crippen LogP contribution in [0.15, 0.2) is 35.1 Å². The smallest absolute Gasteiger partial charge is 0.181 e. The van der Waals surface area contributed by atoms with Gasteiger partial charge in [0, 0.05) is 12.5 Å². The van der Waals surface area contributed by atoms with E-state index in [1.54, 1.807) is 6.39 Å². The van der Waals surface area contributed by atoms with Gasteiger partial charge in [-0.1, -0.05) is 38.1 Å². The second-order valence-corrected chi connectivity index (χ2v) is 5.64. The van der Waals surface area contributed by atoms with Gasteiger partial charge >= 0.3 is 0 Å². The molecule has 3 rings (SSSR count). The summed E-state index contributed by atoms with van der Waals surface area (Å²) in [5.74, 6) is 2.09. The molecule has 0 amide bonds. The second-order valence-electron chi connectivity index (χ2n) is 5.64. The van der Waals surface area contributed by atoms with E-state index >= 15 is 0 Å². The Morgan fingerprint density at radius 1 is 1.37 bits per heavy atom. The largest absolute Gasteiger partial charge is 0.447 e. The molecule has 1 atom stereocenters. The van der Waals surface area contributed by atoms with Crippen molar-refractivity contribution < 1.29 is 4.42 Å². The summed E-state index contributed by atoms with van der Waals surface area (Å²) in [6.45, 7) is 6.22. The van der Waals surface area contributed by atoms with Gasteiger partial charge in [0.2, 0.25) is 0 Å². The Morgan fingerprint density at radius 3 is 3.00 bits per heavy atom. The minimum atomic E-state index is 0.398. The highest BCUT2D eigenvalue weighted by atomic mass is 16.3. The Bertz CT molecular complexity index is 559. The zero-order valence-electron chi connectivity index (χ0n) is 11.5. The van der Waals surface area contributed by atoms with Gasteiger partial charge in [0.15, 0.2) is 6.39 Å². The summed E-state index contributed by atoms with van der Waals surface area (Å²) in [6.07, 6.45) is 2.64. The van der Waals surface area contributed by atoms with E-state index in [4.69, 9.17) is 4.42 Å². The summed E-state index contributed by atoms with van der Waals surface area (Å²) >= 11 is 0. The van der Waals surface area contributed by atoms with Crippen LogP contribution in [0.25, 0.3) is 0 Å². The van der Waals surface area contributed by atoms with E-state index in [-0.39, 0.29) is 0 Å². The fraction of sp³-hybridized carbons (Fsp3) is 0.438.